The van der Waals surface area contributed by atoms with Gasteiger partial charge in [-0.15, -0.1) is 0 Å². The van der Waals surface area contributed by atoms with Crippen molar-refractivity contribution in [3.05, 3.63) is 22.2 Å². The molecule has 2 nitrogen and oxygen atoms in total. The first-order valence-electron chi connectivity index (χ1n) is 3.20. The van der Waals surface area contributed by atoms with Gasteiger partial charge in [-0.05, 0) is 12.1 Å². The van der Waals surface area contributed by atoms with Crippen molar-refractivity contribution in [1.29, 1.82) is 0 Å². The zero-order valence-corrected chi connectivity index (χ0v) is 7.74. The van der Waals surface area contributed by atoms with Gasteiger partial charge in [-0.2, -0.15) is 8.78 Å². The number of hydrogen-bond donors (Lipinski definition) is 1. The zero-order valence-electron chi connectivity index (χ0n) is 6.23. The second-order valence-electron chi connectivity index (χ2n) is 2.15. The summed E-state index contributed by atoms with van der Waals surface area (Å²) < 4.78 is 27.6. The molecule has 0 atom stereocenters. The highest BCUT2D eigenvalue weighted by Crippen LogP contribution is 2.35. The molecular weight excluding hydrogens is 223 g/mol. The van der Waals surface area contributed by atoms with Gasteiger partial charge in [-0.25, -0.2) is 0 Å². The first-order valence-corrected chi connectivity index (χ1v) is 3.96. The fourth-order valence-electron chi connectivity index (χ4n) is 0.747. The lowest BCUT2D eigenvalue weighted by Crippen LogP contribution is -2.04. The predicted molar refractivity (Wildman–Crippen MR) is 47.5 cm³/mol. The van der Waals surface area contributed by atoms with E-state index in [1.165, 1.54) is 12.1 Å². The van der Waals surface area contributed by atoms with Gasteiger partial charge < -0.3 is 10.5 Å². The van der Waals surface area contributed by atoms with Gasteiger partial charge in [-0.3, -0.25) is 0 Å². The van der Waals surface area contributed by atoms with Gasteiger partial charge in [-0.1, -0.05) is 23.2 Å². The Morgan fingerprint density at radius 2 is 1.92 bits per heavy atom. The third-order valence-corrected chi connectivity index (χ3v) is 2.13. The predicted octanol–water partition coefficient (Wildman–Crippen LogP) is 3.18. The summed E-state index contributed by atoms with van der Waals surface area (Å²) >= 11 is 11.2. The molecule has 0 radical (unpaired) electrons. The summed E-state index contributed by atoms with van der Waals surface area (Å²) in [6.07, 6.45) is 0. The molecule has 0 spiro atoms. The summed E-state index contributed by atoms with van der Waals surface area (Å²) in [5, 5.41) is 0.209. The number of nitrogens with two attached hydrogens (primary N) is 1. The van der Waals surface area contributed by atoms with E-state index in [1.807, 2.05) is 0 Å². The molecule has 0 aliphatic heterocycles. The Hall–Kier alpha value is -0.740. The zero-order chi connectivity index (χ0) is 10.0. The largest absolute Gasteiger partial charge is 0.433 e. The van der Waals surface area contributed by atoms with Crippen LogP contribution in [0, 0.1) is 0 Å². The number of anilines is 1. The van der Waals surface area contributed by atoms with Crippen molar-refractivity contribution in [3.63, 3.8) is 0 Å². The lowest BCUT2D eigenvalue weighted by atomic mass is 10.3. The van der Waals surface area contributed by atoms with Gasteiger partial charge >= 0.3 is 6.61 Å². The van der Waals surface area contributed by atoms with Crippen LogP contribution < -0.4 is 10.5 Å². The topological polar surface area (TPSA) is 35.2 Å². The molecule has 0 unspecified atom stereocenters. The van der Waals surface area contributed by atoms with Crippen LogP contribution in [0.1, 0.15) is 0 Å². The Kier molecular flexibility index (Phi) is 3.17. The summed E-state index contributed by atoms with van der Waals surface area (Å²) in [6, 6.07) is 2.56. The second-order valence-corrected chi connectivity index (χ2v) is 2.94. The normalized spacial score (nSPS) is 10.5. The Labute approximate surface area is 83.2 Å². The fraction of sp³-hybridized carbons (Fsp3) is 0.143. The molecular formula is C7H5Cl2F2NO. The lowest BCUT2D eigenvalue weighted by Gasteiger charge is -2.08. The average Bonchev–Trinajstić information content (AvgIpc) is 2.06. The maximum atomic E-state index is 11.8. The molecule has 0 aliphatic rings. The van der Waals surface area contributed by atoms with Gasteiger partial charge in [0, 0.05) is 0 Å². The molecule has 2 N–H and O–H groups in total. The molecule has 13 heavy (non-hydrogen) atoms. The molecule has 0 saturated carbocycles. The molecule has 72 valence electrons. The number of rotatable bonds is 2. The van der Waals surface area contributed by atoms with Crippen molar-refractivity contribution < 1.29 is 13.5 Å². The van der Waals surface area contributed by atoms with E-state index in [4.69, 9.17) is 28.9 Å². The molecule has 0 bridgehead atoms. The van der Waals surface area contributed by atoms with Crippen LogP contribution in [0.3, 0.4) is 0 Å². The van der Waals surface area contributed by atoms with E-state index in [-0.39, 0.29) is 21.5 Å². The average molecular weight is 228 g/mol. The standard InChI is InChI=1S/C7H5Cl2F2NO/c8-3-1-2-4(13-7(10)11)6(12)5(3)9/h1-2,7H,12H2. The minimum absolute atomic E-state index is 0.0137. The van der Waals surface area contributed by atoms with Gasteiger partial charge in [0.05, 0.1) is 15.7 Å². The van der Waals surface area contributed by atoms with Crippen molar-refractivity contribution in [1.82, 2.24) is 0 Å². The summed E-state index contributed by atoms with van der Waals surface area (Å²) in [7, 11) is 0. The van der Waals surface area contributed by atoms with Crippen molar-refractivity contribution in [2.45, 2.75) is 6.61 Å². The number of benzene rings is 1. The van der Waals surface area contributed by atoms with E-state index >= 15 is 0 Å². The molecule has 0 fully saturated rings. The first kappa shape index (κ1) is 10.3. The Morgan fingerprint density at radius 3 is 2.46 bits per heavy atom. The lowest BCUT2D eigenvalue weighted by molar-refractivity contribution is -0.0493. The summed E-state index contributed by atoms with van der Waals surface area (Å²) in [5.74, 6) is -0.176. The molecule has 0 saturated heterocycles. The van der Waals surface area contributed by atoms with Crippen LogP contribution in [-0.2, 0) is 0 Å². The maximum Gasteiger partial charge on any atom is 0.387 e. The number of ether oxygens (including phenoxy) is 1. The van der Waals surface area contributed by atoms with Crippen LogP contribution in [0.4, 0.5) is 14.5 Å². The van der Waals surface area contributed by atoms with Crippen LogP contribution in [-0.4, -0.2) is 6.61 Å². The SMILES string of the molecule is Nc1c(OC(F)F)ccc(Cl)c1Cl. The third kappa shape index (κ3) is 2.35. The van der Waals surface area contributed by atoms with Gasteiger partial charge in [0.15, 0.2) is 5.75 Å². The highest BCUT2D eigenvalue weighted by molar-refractivity contribution is 6.43. The van der Waals surface area contributed by atoms with Crippen LogP contribution >= 0.6 is 23.2 Å². The molecule has 1 aromatic rings. The maximum absolute atomic E-state index is 11.8. The molecule has 0 aromatic heterocycles. The third-order valence-electron chi connectivity index (χ3n) is 1.31. The fourth-order valence-corrected chi connectivity index (χ4v) is 1.07. The molecule has 0 aliphatic carbocycles. The van der Waals surface area contributed by atoms with E-state index in [2.05, 4.69) is 4.74 Å². The van der Waals surface area contributed by atoms with E-state index in [1.54, 1.807) is 0 Å². The Balaban J connectivity index is 3.04. The van der Waals surface area contributed by atoms with Crippen molar-refractivity contribution >= 4 is 28.9 Å². The minimum atomic E-state index is -2.93. The Morgan fingerprint density at radius 1 is 1.31 bits per heavy atom. The molecule has 0 amide bonds. The van der Waals surface area contributed by atoms with E-state index in [0.717, 1.165) is 0 Å². The second kappa shape index (κ2) is 3.98. The molecule has 1 aromatic carbocycles. The number of hydrogen-bond acceptors (Lipinski definition) is 2. The van der Waals surface area contributed by atoms with Crippen molar-refractivity contribution in [2.75, 3.05) is 5.73 Å². The highest BCUT2D eigenvalue weighted by atomic mass is 35.5. The van der Waals surface area contributed by atoms with Crippen LogP contribution in [0.5, 0.6) is 5.75 Å². The number of nitrogen functional groups attached to an aromatic ring is 1. The number of halogens is 4. The van der Waals surface area contributed by atoms with E-state index in [9.17, 15) is 8.78 Å². The summed E-state index contributed by atoms with van der Waals surface area (Å²) in [6.45, 7) is -2.93. The molecule has 1 rings (SSSR count). The van der Waals surface area contributed by atoms with E-state index in [0.29, 0.717) is 0 Å². The number of alkyl halides is 2. The van der Waals surface area contributed by atoms with Crippen LogP contribution in [0.25, 0.3) is 0 Å². The minimum Gasteiger partial charge on any atom is -0.433 e. The molecule has 0 heterocycles. The summed E-state index contributed by atoms with van der Waals surface area (Å²) in [4.78, 5) is 0. The highest BCUT2D eigenvalue weighted by Gasteiger charge is 2.12. The van der Waals surface area contributed by atoms with Gasteiger partial charge in [0.1, 0.15) is 0 Å². The summed E-state index contributed by atoms with van der Waals surface area (Å²) in [5.41, 5.74) is 5.27. The monoisotopic (exact) mass is 227 g/mol. The van der Waals surface area contributed by atoms with Gasteiger partial charge in [0.25, 0.3) is 0 Å². The van der Waals surface area contributed by atoms with Crippen molar-refractivity contribution in [3.8, 4) is 5.75 Å². The van der Waals surface area contributed by atoms with Crippen molar-refractivity contribution in [2.24, 2.45) is 0 Å². The van der Waals surface area contributed by atoms with Crippen LogP contribution in [0.2, 0.25) is 10.0 Å². The Bertz CT molecular complexity index is 320. The first-order chi connectivity index (χ1) is 6.02. The molecule has 6 heteroatoms. The van der Waals surface area contributed by atoms with E-state index < -0.39 is 6.61 Å². The smallest absolute Gasteiger partial charge is 0.387 e. The quantitative estimate of drug-likeness (QED) is 0.789. The van der Waals surface area contributed by atoms with Crippen LogP contribution in [0.15, 0.2) is 12.1 Å². The van der Waals surface area contributed by atoms with Gasteiger partial charge in [0.2, 0.25) is 0 Å².